The van der Waals surface area contributed by atoms with Crippen LogP contribution in [0.2, 0.25) is 0 Å². The molecule has 0 saturated heterocycles. The van der Waals surface area contributed by atoms with Crippen molar-refractivity contribution in [2.75, 3.05) is 24.3 Å². The molecule has 1 fully saturated rings. The van der Waals surface area contributed by atoms with Gasteiger partial charge in [0.05, 0.1) is 5.52 Å². The molecule has 0 bridgehead atoms. The number of fused-ring (bicyclic) bond motifs is 1. The number of rotatable bonds is 6. The van der Waals surface area contributed by atoms with Crippen molar-refractivity contribution in [2.24, 2.45) is 0 Å². The zero-order chi connectivity index (χ0) is 22.5. The van der Waals surface area contributed by atoms with Gasteiger partial charge in [0.25, 0.3) is 0 Å². The third-order valence-corrected chi connectivity index (χ3v) is 6.01. The van der Waals surface area contributed by atoms with Crippen molar-refractivity contribution in [3.05, 3.63) is 59.9 Å². The molecule has 2 aromatic carbocycles. The zero-order valence-electron chi connectivity index (χ0n) is 18.4. The largest absolute Gasteiger partial charge is 0.362 e. The fourth-order valence-corrected chi connectivity index (χ4v) is 4.33. The number of para-hydroxylation sites is 1. The lowest BCUT2D eigenvalue weighted by Gasteiger charge is -2.30. The summed E-state index contributed by atoms with van der Waals surface area (Å²) in [6.07, 6.45) is 4.04. The Bertz CT molecular complexity index is 1080. The first kappa shape index (κ1) is 22.2. The number of benzene rings is 2. The average Bonchev–Trinajstić information content (AvgIpc) is 2.78. The molecule has 168 valence electrons. The lowest BCUT2D eigenvalue weighted by molar-refractivity contribution is 0.385. The van der Waals surface area contributed by atoms with Gasteiger partial charge >= 0.3 is 0 Å². The summed E-state index contributed by atoms with van der Waals surface area (Å²) in [5, 5.41) is 11.8. The Labute approximate surface area is 193 Å². The lowest BCUT2D eigenvalue weighted by atomic mass is 9.91. The molecule has 32 heavy (non-hydrogen) atoms. The maximum atomic E-state index is 13.3. The van der Waals surface area contributed by atoms with Crippen LogP contribution in [-0.4, -0.2) is 41.3 Å². The quantitative estimate of drug-likeness (QED) is 0.484. The van der Waals surface area contributed by atoms with Crippen LogP contribution in [0.25, 0.3) is 10.9 Å². The van der Waals surface area contributed by atoms with Gasteiger partial charge in [0.2, 0.25) is 5.95 Å². The third kappa shape index (κ3) is 5.62. The maximum Gasteiger partial charge on any atom is 0.225 e. The monoisotopic (exact) mass is 452 g/mol. The highest BCUT2D eigenvalue weighted by Gasteiger charge is 2.22. The molecule has 1 aliphatic rings. The van der Waals surface area contributed by atoms with Crippen molar-refractivity contribution in [3.63, 3.8) is 0 Å². The predicted octanol–water partition coefficient (Wildman–Crippen LogP) is 4.22. The van der Waals surface area contributed by atoms with Crippen LogP contribution in [0.4, 0.5) is 16.2 Å². The zero-order valence-corrected chi connectivity index (χ0v) is 19.3. The summed E-state index contributed by atoms with van der Waals surface area (Å²) in [4.78, 5) is 11.5. The van der Waals surface area contributed by atoms with Crippen LogP contribution in [0.1, 0.15) is 31.2 Å². The van der Waals surface area contributed by atoms with Crippen LogP contribution < -0.4 is 20.9 Å². The van der Waals surface area contributed by atoms with Gasteiger partial charge in [0.15, 0.2) is 5.11 Å². The van der Waals surface area contributed by atoms with Crippen LogP contribution in [-0.2, 0) is 6.54 Å². The summed E-state index contributed by atoms with van der Waals surface area (Å²) in [7, 11) is 4.00. The number of hydrogen-bond donors (Lipinski definition) is 3. The Morgan fingerprint density at radius 1 is 1.03 bits per heavy atom. The summed E-state index contributed by atoms with van der Waals surface area (Å²) in [5.74, 6) is 1.36. The molecule has 0 spiro atoms. The Kier molecular flexibility index (Phi) is 6.99. The Balaban J connectivity index is 1.28. The summed E-state index contributed by atoms with van der Waals surface area (Å²) >= 11 is 5.43. The molecule has 1 saturated carbocycles. The first-order valence-corrected chi connectivity index (χ1v) is 11.4. The minimum absolute atomic E-state index is 0.234. The molecule has 0 aliphatic heterocycles. The SMILES string of the molecule is CN(C)c1nc(NC2CCC(NC(=S)NCc3cccc(F)c3)CC2)nc2ccccc12. The molecule has 6 nitrogen and oxygen atoms in total. The lowest BCUT2D eigenvalue weighted by Crippen LogP contribution is -2.44. The van der Waals surface area contributed by atoms with Gasteiger partial charge in [-0.15, -0.1) is 0 Å². The summed E-state index contributed by atoms with van der Waals surface area (Å²) in [5.41, 5.74) is 1.81. The van der Waals surface area contributed by atoms with E-state index in [0.29, 0.717) is 29.7 Å². The molecular weight excluding hydrogens is 423 g/mol. The molecule has 0 unspecified atom stereocenters. The number of nitrogens with zero attached hydrogens (tertiary/aromatic N) is 3. The van der Waals surface area contributed by atoms with Crippen LogP contribution in [0.5, 0.6) is 0 Å². The Morgan fingerprint density at radius 3 is 2.53 bits per heavy atom. The number of anilines is 2. The molecule has 1 aliphatic carbocycles. The number of aromatic nitrogens is 2. The molecule has 1 aromatic heterocycles. The van der Waals surface area contributed by atoms with Crippen molar-refractivity contribution in [1.82, 2.24) is 20.6 Å². The van der Waals surface area contributed by atoms with E-state index in [9.17, 15) is 4.39 Å². The van der Waals surface area contributed by atoms with Crippen molar-refractivity contribution >= 4 is 40.0 Å². The highest BCUT2D eigenvalue weighted by atomic mass is 32.1. The highest BCUT2D eigenvalue weighted by Crippen LogP contribution is 2.26. The summed E-state index contributed by atoms with van der Waals surface area (Å²) in [6.45, 7) is 0.508. The molecule has 0 amide bonds. The van der Waals surface area contributed by atoms with Gasteiger partial charge in [0.1, 0.15) is 11.6 Å². The van der Waals surface area contributed by atoms with Gasteiger partial charge in [-0.3, -0.25) is 0 Å². The second-order valence-corrected chi connectivity index (χ2v) is 8.84. The van der Waals surface area contributed by atoms with Crippen LogP contribution in [0.3, 0.4) is 0 Å². The average molecular weight is 453 g/mol. The standard InChI is InChI=1S/C24H29FN6S/c1-31(2)22-20-8-3-4-9-21(20)29-23(30-22)27-18-10-12-19(13-11-18)28-24(32)26-15-16-6-5-7-17(25)14-16/h3-9,14,18-19H,10-13,15H2,1-2H3,(H2,26,28,32)(H,27,29,30). The minimum Gasteiger partial charge on any atom is -0.362 e. The molecule has 0 atom stereocenters. The first-order valence-electron chi connectivity index (χ1n) is 11.0. The van der Waals surface area contributed by atoms with E-state index >= 15 is 0 Å². The molecule has 0 radical (unpaired) electrons. The van der Waals surface area contributed by atoms with Crippen LogP contribution in [0, 0.1) is 5.82 Å². The van der Waals surface area contributed by atoms with E-state index in [1.807, 2.05) is 43.3 Å². The third-order valence-electron chi connectivity index (χ3n) is 5.74. The Hall–Kier alpha value is -3.00. The smallest absolute Gasteiger partial charge is 0.225 e. The molecule has 3 N–H and O–H groups in total. The van der Waals surface area contributed by atoms with E-state index < -0.39 is 0 Å². The van der Waals surface area contributed by atoms with E-state index in [1.54, 1.807) is 6.07 Å². The van der Waals surface area contributed by atoms with E-state index in [1.165, 1.54) is 12.1 Å². The number of thiocarbonyl (C=S) groups is 1. The van der Waals surface area contributed by atoms with Crippen molar-refractivity contribution in [1.29, 1.82) is 0 Å². The fraction of sp³-hybridized carbons (Fsp3) is 0.375. The first-order chi connectivity index (χ1) is 15.5. The van der Waals surface area contributed by atoms with E-state index in [4.69, 9.17) is 22.2 Å². The fourth-order valence-electron chi connectivity index (χ4n) is 4.10. The predicted molar refractivity (Wildman–Crippen MR) is 133 cm³/mol. The van der Waals surface area contributed by atoms with Gasteiger partial charge in [0, 0.05) is 38.1 Å². The minimum atomic E-state index is -0.234. The van der Waals surface area contributed by atoms with Gasteiger partial charge in [-0.1, -0.05) is 24.3 Å². The number of halogens is 1. The normalized spacial score (nSPS) is 18.2. The second kappa shape index (κ2) is 10.1. The Morgan fingerprint density at radius 2 is 1.78 bits per heavy atom. The van der Waals surface area contributed by atoms with Gasteiger partial charge in [-0.2, -0.15) is 4.98 Å². The summed E-state index contributed by atoms with van der Waals surface area (Å²) < 4.78 is 13.3. The van der Waals surface area contributed by atoms with E-state index in [2.05, 4.69) is 22.0 Å². The van der Waals surface area contributed by atoms with Gasteiger partial charge in [-0.05, 0) is 67.7 Å². The molecule has 8 heteroatoms. The molecule has 1 heterocycles. The van der Waals surface area contributed by atoms with Crippen molar-refractivity contribution in [2.45, 2.75) is 44.3 Å². The highest BCUT2D eigenvalue weighted by molar-refractivity contribution is 7.80. The number of nitrogens with one attached hydrogen (secondary N) is 3. The maximum absolute atomic E-state index is 13.3. The van der Waals surface area contributed by atoms with Gasteiger partial charge < -0.3 is 20.9 Å². The summed E-state index contributed by atoms with van der Waals surface area (Å²) in [6, 6.07) is 15.3. The molecule has 4 rings (SSSR count). The molecular formula is C24H29FN6S. The second-order valence-electron chi connectivity index (χ2n) is 8.43. The topological polar surface area (TPSA) is 65.1 Å². The van der Waals surface area contributed by atoms with Crippen molar-refractivity contribution in [3.8, 4) is 0 Å². The molecule has 3 aromatic rings. The van der Waals surface area contributed by atoms with Crippen molar-refractivity contribution < 1.29 is 4.39 Å². The van der Waals surface area contributed by atoms with Crippen LogP contribution in [0.15, 0.2) is 48.5 Å². The van der Waals surface area contributed by atoms with E-state index in [0.717, 1.165) is 48.0 Å². The van der Waals surface area contributed by atoms with Gasteiger partial charge in [-0.25, -0.2) is 9.37 Å². The number of hydrogen-bond acceptors (Lipinski definition) is 5. The van der Waals surface area contributed by atoms with E-state index in [-0.39, 0.29) is 5.82 Å². The van der Waals surface area contributed by atoms with Crippen LogP contribution >= 0.6 is 12.2 Å².